The van der Waals surface area contributed by atoms with Crippen molar-refractivity contribution in [3.8, 4) is 11.5 Å². The maximum absolute atomic E-state index is 11.3. The molecule has 2 N–H and O–H groups in total. The molecule has 2 aromatic carbocycles. The summed E-state index contributed by atoms with van der Waals surface area (Å²) >= 11 is 0. The summed E-state index contributed by atoms with van der Waals surface area (Å²) < 4.78 is 10.4. The van der Waals surface area contributed by atoms with Crippen LogP contribution in [0.5, 0.6) is 11.5 Å². The van der Waals surface area contributed by atoms with E-state index in [1.54, 1.807) is 18.2 Å². The van der Waals surface area contributed by atoms with Crippen LogP contribution in [0.15, 0.2) is 41.5 Å². The lowest BCUT2D eigenvalue weighted by Gasteiger charge is -2.14. The zero-order valence-corrected chi connectivity index (χ0v) is 12.5. The second kappa shape index (κ2) is 7.06. The van der Waals surface area contributed by atoms with Crippen LogP contribution >= 0.6 is 0 Å². The van der Waals surface area contributed by atoms with Gasteiger partial charge in [-0.3, -0.25) is 0 Å². The molecular formula is C15H14N4O4. The van der Waals surface area contributed by atoms with Gasteiger partial charge in [0.25, 0.3) is 0 Å². The standard InChI is InChI=1S/C15H14N4O4/c1-22-10-4-6-12(14(8-10)23-2)17-13-7-9(18-19-16)3-5-11(13)15(20)21/h3-8,17H,1-2H3,(H,20,21). The first-order valence-electron chi connectivity index (χ1n) is 6.50. The van der Waals surface area contributed by atoms with Gasteiger partial charge in [-0.05, 0) is 29.8 Å². The second-order valence-electron chi connectivity index (χ2n) is 4.42. The third kappa shape index (κ3) is 3.63. The molecule has 0 aliphatic carbocycles. The number of carboxylic acid groups (broad SMARTS) is 1. The van der Waals surface area contributed by atoms with Crippen molar-refractivity contribution in [3.63, 3.8) is 0 Å². The Hall–Kier alpha value is -3.38. The molecule has 0 saturated carbocycles. The summed E-state index contributed by atoms with van der Waals surface area (Å²) in [6.07, 6.45) is 0. The van der Waals surface area contributed by atoms with Gasteiger partial charge in [0.05, 0.1) is 31.2 Å². The summed E-state index contributed by atoms with van der Waals surface area (Å²) in [5.41, 5.74) is 9.68. The summed E-state index contributed by atoms with van der Waals surface area (Å²) in [5, 5.41) is 15.7. The second-order valence-corrected chi connectivity index (χ2v) is 4.42. The molecule has 0 radical (unpaired) electrons. The topological polar surface area (TPSA) is 117 Å². The fourth-order valence-electron chi connectivity index (χ4n) is 1.98. The van der Waals surface area contributed by atoms with Gasteiger partial charge in [0.2, 0.25) is 0 Å². The zero-order chi connectivity index (χ0) is 16.8. The first-order chi connectivity index (χ1) is 11.1. The molecule has 2 rings (SSSR count). The number of azide groups is 1. The van der Waals surface area contributed by atoms with E-state index in [4.69, 9.17) is 15.0 Å². The van der Waals surface area contributed by atoms with Crippen LogP contribution in [-0.4, -0.2) is 25.3 Å². The number of nitrogens with zero attached hydrogens (tertiary/aromatic N) is 3. The molecular weight excluding hydrogens is 300 g/mol. The Morgan fingerprint density at radius 2 is 1.96 bits per heavy atom. The Balaban J connectivity index is 2.47. The van der Waals surface area contributed by atoms with E-state index in [1.807, 2.05) is 0 Å². The molecule has 0 unspecified atom stereocenters. The first-order valence-corrected chi connectivity index (χ1v) is 6.50. The van der Waals surface area contributed by atoms with Crippen LogP contribution in [0, 0.1) is 0 Å². The van der Waals surface area contributed by atoms with E-state index in [1.165, 1.54) is 32.4 Å². The molecule has 0 aliphatic heterocycles. The number of aromatic carboxylic acids is 1. The van der Waals surface area contributed by atoms with Crippen molar-refractivity contribution in [1.29, 1.82) is 0 Å². The molecule has 0 saturated heterocycles. The number of hydrogen-bond donors (Lipinski definition) is 2. The van der Waals surface area contributed by atoms with Crippen molar-refractivity contribution >= 4 is 23.0 Å². The maximum atomic E-state index is 11.3. The van der Waals surface area contributed by atoms with Gasteiger partial charge in [-0.25, -0.2) is 4.79 Å². The zero-order valence-electron chi connectivity index (χ0n) is 12.5. The highest BCUT2D eigenvalue weighted by atomic mass is 16.5. The van der Waals surface area contributed by atoms with Gasteiger partial charge in [0.1, 0.15) is 11.5 Å². The van der Waals surface area contributed by atoms with Crippen LogP contribution in [-0.2, 0) is 0 Å². The minimum atomic E-state index is -1.10. The predicted molar refractivity (Wildman–Crippen MR) is 85.0 cm³/mol. The molecule has 2 aromatic rings. The number of rotatable bonds is 6. The van der Waals surface area contributed by atoms with E-state index in [0.29, 0.717) is 22.9 Å². The lowest BCUT2D eigenvalue weighted by atomic mass is 10.1. The number of anilines is 2. The quantitative estimate of drug-likeness (QED) is 0.473. The van der Waals surface area contributed by atoms with E-state index in [2.05, 4.69) is 15.3 Å². The van der Waals surface area contributed by atoms with Crippen molar-refractivity contribution in [1.82, 2.24) is 0 Å². The van der Waals surface area contributed by atoms with Gasteiger partial charge in [-0.2, -0.15) is 0 Å². The molecule has 0 amide bonds. The third-order valence-corrected chi connectivity index (χ3v) is 3.07. The van der Waals surface area contributed by atoms with Crippen LogP contribution in [0.25, 0.3) is 10.4 Å². The van der Waals surface area contributed by atoms with Crippen molar-refractivity contribution in [3.05, 3.63) is 52.4 Å². The molecule has 0 fully saturated rings. The molecule has 23 heavy (non-hydrogen) atoms. The number of nitrogens with one attached hydrogen (secondary N) is 1. The van der Waals surface area contributed by atoms with E-state index < -0.39 is 5.97 Å². The smallest absolute Gasteiger partial charge is 0.337 e. The molecule has 0 aromatic heterocycles. The Morgan fingerprint density at radius 3 is 2.57 bits per heavy atom. The first kappa shape index (κ1) is 16.0. The highest BCUT2D eigenvalue weighted by Gasteiger charge is 2.13. The fourth-order valence-corrected chi connectivity index (χ4v) is 1.98. The molecule has 0 spiro atoms. The number of benzene rings is 2. The average Bonchev–Trinajstić information content (AvgIpc) is 2.55. The Morgan fingerprint density at radius 1 is 1.17 bits per heavy atom. The predicted octanol–water partition coefficient (Wildman–Crippen LogP) is 4.09. The van der Waals surface area contributed by atoms with Crippen molar-refractivity contribution in [2.24, 2.45) is 5.11 Å². The van der Waals surface area contributed by atoms with Crippen molar-refractivity contribution in [2.45, 2.75) is 0 Å². The van der Waals surface area contributed by atoms with Gasteiger partial charge >= 0.3 is 5.97 Å². The number of carboxylic acids is 1. The molecule has 8 nitrogen and oxygen atoms in total. The van der Waals surface area contributed by atoms with Crippen molar-refractivity contribution < 1.29 is 19.4 Å². The minimum Gasteiger partial charge on any atom is -0.497 e. The average molecular weight is 314 g/mol. The third-order valence-electron chi connectivity index (χ3n) is 3.07. The lowest BCUT2D eigenvalue weighted by Crippen LogP contribution is -2.03. The monoisotopic (exact) mass is 314 g/mol. The normalized spacial score (nSPS) is 9.65. The molecule has 0 atom stereocenters. The number of ether oxygens (including phenoxy) is 2. The SMILES string of the molecule is COc1ccc(Nc2cc(N=[N+]=[N-])ccc2C(=O)O)c(OC)c1. The highest BCUT2D eigenvalue weighted by molar-refractivity contribution is 5.96. The van der Waals surface area contributed by atoms with Crippen LogP contribution in [0.1, 0.15) is 10.4 Å². The van der Waals surface area contributed by atoms with E-state index in [9.17, 15) is 9.90 Å². The fraction of sp³-hybridized carbons (Fsp3) is 0.133. The molecule has 0 heterocycles. The largest absolute Gasteiger partial charge is 0.497 e. The minimum absolute atomic E-state index is 0.0414. The van der Waals surface area contributed by atoms with E-state index >= 15 is 0 Å². The van der Waals surface area contributed by atoms with Gasteiger partial charge < -0.3 is 19.9 Å². The van der Waals surface area contributed by atoms with E-state index in [0.717, 1.165) is 0 Å². The highest BCUT2D eigenvalue weighted by Crippen LogP contribution is 2.33. The Kier molecular flexibility index (Phi) is 4.91. The summed E-state index contributed by atoms with van der Waals surface area (Å²) in [5.74, 6) is -0.0176. The summed E-state index contributed by atoms with van der Waals surface area (Å²) in [7, 11) is 3.03. The lowest BCUT2D eigenvalue weighted by molar-refractivity contribution is 0.0698. The molecule has 8 heteroatoms. The van der Waals surface area contributed by atoms with Crippen LogP contribution in [0.3, 0.4) is 0 Å². The number of carbonyl (C=O) groups is 1. The summed E-state index contributed by atoms with van der Waals surface area (Å²) in [4.78, 5) is 14.0. The molecule has 0 aliphatic rings. The van der Waals surface area contributed by atoms with Gasteiger partial charge in [0.15, 0.2) is 0 Å². The van der Waals surface area contributed by atoms with Gasteiger partial charge in [-0.1, -0.05) is 11.2 Å². The van der Waals surface area contributed by atoms with Crippen molar-refractivity contribution in [2.75, 3.05) is 19.5 Å². The van der Waals surface area contributed by atoms with Crippen LogP contribution in [0.2, 0.25) is 0 Å². The molecule has 0 bridgehead atoms. The van der Waals surface area contributed by atoms with E-state index in [-0.39, 0.29) is 11.3 Å². The van der Waals surface area contributed by atoms with Crippen LogP contribution < -0.4 is 14.8 Å². The number of hydrogen-bond acceptors (Lipinski definition) is 5. The Labute approximate surface area is 131 Å². The summed E-state index contributed by atoms with van der Waals surface area (Å²) in [6.45, 7) is 0. The van der Waals surface area contributed by atoms with Crippen LogP contribution in [0.4, 0.5) is 17.1 Å². The maximum Gasteiger partial charge on any atom is 0.337 e. The molecule has 118 valence electrons. The van der Waals surface area contributed by atoms with Gasteiger partial charge in [0, 0.05) is 16.7 Å². The number of methoxy groups -OCH3 is 2. The Bertz CT molecular complexity index is 785. The van der Waals surface area contributed by atoms with Gasteiger partial charge in [-0.15, -0.1) is 0 Å². The summed E-state index contributed by atoms with van der Waals surface area (Å²) in [6, 6.07) is 9.32.